The fourth-order valence-electron chi connectivity index (χ4n) is 2.04. The Kier molecular flexibility index (Phi) is 2.87. The molecule has 0 fully saturated rings. The van der Waals surface area contributed by atoms with E-state index in [0.29, 0.717) is 17.0 Å². The van der Waals surface area contributed by atoms with Crippen molar-refractivity contribution in [2.45, 2.75) is 0 Å². The number of fused-ring (bicyclic) bond motifs is 1. The zero-order chi connectivity index (χ0) is 14.1. The van der Waals surface area contributed by atoms with E-state index in [0.717, 1.165) is 0 Å². The molecule has 0 unspecified atom stereocenters. The molecule has 0 saturated carbocycles. The van der Waals surface area contributed by atoms with Gasteiger partial charge in [-0.2, -0.15) is 0 Å². The Morgan fingerprint density at radius 3 is 2.75 bits per heavy atom. The SMILES string of the molecule is COc1cccc2oc(-c3ccccn3)c(O)c(=O)c12. The summed E-state index contributed by atoms with van der Waals surface area (Å²) in [6.07, 6.45) is 1.56. The second kappa shape index (κ2) is 4.70. The van der Waals surface area contributed by atoms with E-state index >= 15 is 0 Å². The molecule has 0 spiro atoms. The van der Waals surface area contributed by atoms with Crippen LogP contribution in [0.25, 0.3) is 22.4 Å². The number of rotatable bonds is 2. The molecule has 100 valence electrons. The number of ether oxygens (including phenoxy) is 1. The van der Waals surface area contributed by atoms with Gasteiger partial charge in [0.1, 0.15) is 22.4 Å². The second-order valence-corrected chi connectivity index (χ2v) is 4.16. The van der Waals surface area contributed by atoms with Crippen LogP contribution < -0.4 is 10.2 Å². The highest BCUT2D eigenvalue weighted by Gasteiger charge is 2.18. The summed E-state index contributed by atoms with van der Waals surface area (Å²) in [5, 5.41) is 10.3. The Balaban J connectivity index is 2.38. The van der Waals surface area contributed by atoms with Crippen LogP contribution >= 0.6 is 0 Å². The van der Waals surface area contributed by atoms with Gasteiger partial charge in [0.25, 0.3) is 0 Å². The third kappa shape index (κ3) is 1.80. The zero-order valence-electron chi connectivity index (χ0n) is 10.7. The predicted octanol–water partition coefficient (Wildman–Crippen LogP) is 2.57. The minimum Gasteiger partial charge on any atom is -0.501 e. The van der Waals surface area contributed by atoms with Crippen molar-refractivity contribution in [1.82, 2.24) is 4.98 Å². The molecular formula is C15H11NO4. The second-order valence-electron chi connectivity index (χ2n) is 4.16. The third-order valence-electron chi connectivity index (χ3n) is 2.97. The predicted molar refractivity (Wildman–Crippen MR) is 73.9 cm³/mol. The van der Waals surface area contributed by atoms with E-state index in [9.17, 15) is 9.90 Å². The molecule has 0 amide bonds. The average molecular weight is 269 g/mol. The van der Waals surface area contributed by atoms with E-state index in [1.807, 2.05) is 0 Å². The lowest BCUT2D eigenvalue weighted by Crippen LogP contribution is -2.04. The summed E-state index contributed by atoms with van der Waals surface area (Å²) >= 11 is 0. The first-order valence-corrected chi connectivity index (χ1v) is 5.96. The number of methoxy groups -OCH3 is 1. The number of benzene rings is 1. The maximum Gasteiger partial charge on any atom is 0.238 e. The van der Waals surface area contributed by atoms with Gasteiger partial charge in [0.15, 0.2) is 5.76 Å². The van der Waals surface area contributed by atoms with Crippen molar-refractivity contribution in [3.05, 3.63) is 52.8 Å². The van der Waals surface area contributed by atoms with Gasteiger partial charge in [-0.1, -0.05) is 12.1 Å². The molecule has 1 N–H and O–H groups in total. The number of nitrogens with zero attached hydrogens (tertiary/aromatic N) is 1. The standard InChI is InChI=1S/C15H11NO4/c1-19-10-6-4-7-11-12(10)13(17)14(18)15(20-11)9-5-2-3-8-16-9/h2-8,18H,1H3. The van der Waals surface area contributed by atoms with Crippen molar-refractivity contribution < 1.29 is 14.3 Å². The van der Waals surface area contributed by atoms with Crippen molar-refractivity contribution in [2.75, 3.05) is 7.11 Å². The molecule has 20 heavy (non-hydrogen) atoms. The molecule has 0 saturated heterocycles. The molecule has 0 radical (unpaired) electrons. The number of aromatic hydroxyl groups is 1. The molecule has 3 rings (SSSR count). The fourth-order valence-corrected chi connectivity index (χ4v) is 2.04. The Morgan fingerprint density at radius 1 is 1.20 bits per heavy atom. The summed E-state index contributed by atoms with van der Waals surface area (Å²) in [6, 6.07) is 10.1. The topological polar surface area (TPSA) is 72.6 Å². The molecule has 2 heterocycles. The number of aromatic nitrogens is 1. The lowest BCUT2D eigenvalue weighted by molar-refractivity contribution is 0.416. The molecule has 3 aromatic rings. The van der Waals surface area contributed by atoms with Crippen molar-refractivity contribution in [2.24, 2.45) is 0 Å². The van der Waals surface area contributed by atoms with Gasteiger partial charge in [-0.05, 0) is 24.3 Å². The normalized spacial score (nSPS) is 10.7. The summed E-state index contributed by atoms with van der Waals surface area (Å²) in [6.45, 7) is 0. The maximum absolute atomic E-state index is 12.3. The maximum atomic E-state index is 12.3. The molecule has 0 atom stereocenters. The molecule has 2 aromatic heterocycles. The van der Waals surface area contributed by atoms with Crippen LogP contribution in [0.15, 0.2) is 51.8 Å². The first-order chi connectivity index (χ1) is 9.72. The van der Waals surface area contributed by atoms with Crippen LogP contribution in [-0.4, -0.2) is 17.2 Å². The van der Waals surface area contributed by atoms with Crippen molar-refractivity contribution in [3.63, 3.8) is 0 Å². The summed E-state index contributed by atoms with van der Waals surface area (Å²) in [5.74, 6) is -0.0591. The van der Waals surface area contributed by atoms with Crippen LogP contribution in [0.1, 0.15) is 0 Å². The minimum atomic E-state index is -0.538. The lowest BCUT2D eigenvalue weighted by atomic mass is 10.1. The summed E-state index contributed by atoms with van der Waals surface area (Å²) < 4.78 is 10.7. The monoisotopic (exact) mass is 269 g/mol. The van der Waals surface area contributed by atoms with Gasteiger partial charge >= 0.3 is 0 Å². The van der Waals surface area contributed by atoms with E-state index in [4.69, 9.17) is 9.15 Å². The summed E-state index contributed by atoms with van der Waals surface area (Å²) in [7, 11) is 1.46. The van der Waals surface area contributed by atoms with E-state index < -0.39 is 11.2 Å². The van der Waals surface area contributed by atoms with Gasteiger partial charge in [-0.25, -0.2) is 0 Å². The smallest absolute Gasteiger partial charge is 0.238 e. The molecule has 0 aliphatic rings. The number of pyridine rings is 1. The van der Waals surface area contributed by atoms with Crippen molar-refractivity contribution in [3.8, 4) is 23.0 Å². The Hall–Kier alpha value is -2.82. The molecule has 0 aliphatic heterocycles. The van der Waals surface area contributed by atoms with Crippen LogP contribution in [0.4, 0.5) is 0 Å². The quantitative estimate of drug-likeness (QED) is 0.774. The first kappa shape index (κ1) is 12.2. The lowest BCUT2D eigenvalue weighted by Gasteiger charge is -2.07. The van der Waals surface area contributed by atoms with Gasteiger partial charge in [0.05, 0.1) is 7.11 Å². The zero-order valence-corrected chi connectivity index (χ0v) is 10.7. The van der Waals surface area contributed by atoms with Crippen LogP contribution in [0.3, 0.4) is 0 Å². The highest BCUT2D eigenvalue weighted by Crippen LogP contribution is 2.31. The Labute approximate surface area is 114 Å². The van der Waals surface area contributed by atoms with E-state index in [1.165, 1.54) is 7.11 Å². The number of hydrogen-bond donors (Lipinski definition) is 1. The highest BCUT2D eigenvalue weighted by molar-refractivity contribution is 5.86. The minimum absolute atomic E-state index is 0.0522. The molecule has 0 bridgehead atoms. The van der Waals surface area contributed by atoms with Gasteiger partial charge < -0.3 is 14.3 Å². The van der Waals surface area contributed by atoms with E-state index in [1.54, 1.807) is 42.6 Å². The molecule has 0 aliphatic carbocycles. The third-order valence-corrected chi connectivity index (χ3v) is 2.97. The van der Waals surface area contributed by atoms with Crippen LogP contribution in [-0.2, 0) is 0 Å². The van der Waals surface area contributed by atoms with Crippen LogP contribution in [0, 0.1) is 0 Å². The molecule has 5 nitrogen and oxygen atoms in total. The van der Waals surface area contributed by atoms with E-state index in [-0.39, 0.29) is 11.1 Å². The Morgan fingerprint density at radius 2 is 2.05 bits per heavy atom. The van der Waals surface area contributed by atoms with E-state index in [2.05, 4.69) is 4.98 Å². The van der Waals surface area contributed by atoms with Crippen molar-refractivity contribution >= 4 is 11.0 Å². The van der Waals surface area contributed by atoms with Gasteiger partial charge in [-0.3, -0.25) is 9.78 Å². The van der Waals surface area contributed by atoms with Gasteiger partial charge in [-0.15, -0.1) is 0 Å². The Bertz CT molecular complexity index is 824. The first-order valence-electron chi connectivity index (χ1n) is 5.96. The molecule has 1 aromatic carbocycles. The van der Waals surface area contributed by atoms with Gasteiger partial charge in [0, 0.05) is 6.20 Å². The molecular weight excluding hydrogens is 258 g/mol. The fraction of sp³-hybridized carbons (Fsp3) is 0.0667. The summed E-state index contributed by atoms with van der Waals surface area (Å²) in [4.78, 5) is 16.4. The van der Waals surface area contributed by atoms with Crippen molar-refractivity contribution in [1.29, 1.82) is 0 Å². The average Bonchev–Trinajstić information content (AvgIpc) is 2.51. The summed E-state index contributed by atoms with van der Waals surface area (Å²) in [5.41, 5.74) is 0.198. The number of hydrogen-bond acceptors (Lipinski definition) is 5. The molecule has 5 heteroatoms. The van der Waals surface area contributed by atoms with Crippen LogP contribution in [0.2, 0.25) is 0 Å². The highest BCUT2D eigenvalue weighted by atomic mass is 16.5. The van der Waals surface area contributed by atoms with Crippen LogP contribution in [0.5, 0.6) is 11.5 Å². The van der Waals surface area contributed by atoms with Gasteiger partial charge in [0.2, 0.25) is 11.2 Å². The largest absolute Gasteiger partial charge is 0.501 e.